The van der Waals surface area contributed by atoms with Crippen LogP contribution >= 0.6 is 0 Å². The summed E-state index contributed by atoms with van der Waals surface area (Å²) in [5.74, 6) is -0.158. The number of carbonyl (C=O) groups excluding carboxylic acids is 2. The van der Waals surface area contributed by atoms with Gasteiger partial charge in [-0.25, -0.2) is 0 Å². The van der Waals surface area contributed by atoms with Crippen molar-refractivity contribution in [1.29, 1.82) is 0 Å². The quantitative estimate of drug-likeness (QED) is 0.609. The van der Waals surface area contributed by atoms with Crippen LogP contribution < -0.4 is 0 Å². The molecule has 3 heterocycles. The number of amides is 2. The average molecular weight is 444 g/mol. The molecular weight excluding hydrogens is 414 g/mol. The predicted octanol–water partition coefficient (Wildman–Crippen LogP) is 2.81. The van der Waals surface area contributed by atoms with E-state index in [1.165, 1.54) is 11.1 Å². The summed E-state index contributed by atoms with van der Waals surface area (Å²) in [6, 6.07) is 20.2. The van der Waals surface area contributed by atoms with E-state index in [0.29, 0.717) is 44.1 Å². The van der Waals surface area contributed by atoms with Gasteiger partial charge in [0.2, 0.25) is 0 Å². The van der Waals surface area contributed by atoms with Crippen molar-refractivity contribution in [2.75, 3.05) is 32.7 Å². The van der Waals surface area contributed by atoms with Gasteiger partial charge in [0.05, 0.1) is 6.54 Å². The molecule has 1 saturated heterocycles. The number of rotatable bonds is 5. The van der Waals surface area contributed by atoms with Gasteiger partial charge in [-0.05, 0) is 18.1 Å². The zero-order valence-electron chi connectivity index (χ0n) is 19.0. The topological polar surface area (TPSA) is 61.7 Å². The molecule has 2 aromatic carbocycles. The highest BCUT2D eigenvalue weighted by molar-refractivity contribution is 5.98. The summed E-state index contributed by atoms with van der Waals surface area (Å²) in [6.45, 7) is 7.75. The second-order valence-corrected chi connectivity index (χ2v) is 8.90. The lowest BCUT2D eigenvalue weighted by Crippen LogP contribution is -2.48. The van der Waals surface area contributed by atoms with Crippen molar-refractivity contribution in [3.05, 3.63) is 88.7 Å². The fourth-order valence-corrected chi connectivity index (χ4v) is 4.52. The van der Waals surface area contributed by atoms with Gasteiger partial charge in [0.25, 0.3) is 11.8 Å². The van der Waals surface area contributed by atoms with Crippen LogP contribution in [0.5, 0.6) is 0 Å². The second-order valence-electron chi connectivity index (χ2n) is 8.90. The minimum Gasteiger partial charge on any atom is -0.335 e. The Labute approximate surface area is 194 Å². The molecule has 0 atom stereocenters. The van der Waals surface area contributed by atoms with Crippen LogP contribution in [0.25, 0.3) is 0 Å². The van der Waals surface area contributed by atoms with Gasteiger partial charge in [-0.15, -0.1) is 0 Å². The zero-order chi connectivity index (χ0) is 22.8. The average Bonchev–Trinajstić information content (AvgIpc) is 3.28. The molecule has 0 spiro atoms. The lowest BCUT2D eigenvalue weighted by atomic mass is 10.1. The molecule has 170 valence electrons. The zero-order valence-corrected chi connectivity index (χ0v) is 19.0. The van der Waals surface area contributed by atoms with E-state index in [2.05, 4.69) is 41.2 Å². The maximum atomic E-state index is 13.1. The van der Waals surface area contributed by atoms with Crippen LogP contribution in [0.2, 0.25) is 0 Å². The molecule has 0 aliphatic carbocycles. The molecule has 2 aliphatic rings. The summed E-state index contributed by atoms with van der Waals surface area (Å²) in [4.78, 5) is 32.2. The van der Waals surface area contributed by atoms with Crippen molar-refractivity contribution < 1.29 is 9.59 Å². The Morgan fingerprint density at radius 1 is 0.848 bits per heavy atom. The molecule has 7 heteroatoms. The third-order valence-corrected chi connectivity index (χ3v) is 6.49. The van der Waals surface area contributed by atoms with E-state index >= 15 is 0 Å². The number of hydrogen-bond donors (Lipinski definition) is 0. The Kier molecular flexibility index (Phi) is 5.96. The van der Waals surface area contributed by atoms with Crippen molar-refractivity contribution >= 4 is 11.8 Å². The number of hydrogen-bond acceptors (Lipinski definition) is 4. The summed E-state index contributed by atoms with van der Waals surface area (Å²) in [6.07, 6.45) is 0. The summed E-state index contributed by atoms with van der Waals surface area (Å²) >= 11 is 0. The Morgan fingerprint density at radius 2 is 1.55 bits per heavy atom. The Balaban J connectivity index is 1.20. The minimum atomic E-state index is -0.0886. The standard InChI is InChI=1S/C26H29N5O2/c1-20-7-9-22(10-8-20)18-28-11-13-29(14-12-28)25(32)23-17-24-26(33)30(15-16-31(24)27-23)19-21-5-3-2-4-6-21/h2-10,17H,11-16,18-19H2,1H3. The predicted molar refractivity (Wildman–Crippen MR) is 126 cm³/mol. The number of benzene rings is 2. The monoisotopic (exact) mass is 443 g/mol. The van der Waals surface area contributed by atoms with E-state index in [1.54, 1.807) is 10.7 Å². The van der Waals surface area contributed by atoms with Gasteiger partial charge in [-0.1, -0.05) is 60.2 Å². The van der Waals surface area contributed by atoms with Gasteiger partial charge in [0.15, 0.2) is 5.69 Å². The van der Waals surface area contributed by atoms with E-state index in [4.69, 9.17) is 0 Å². The van der Waals surface area contributed by atoms with Crippen molar-refractivity contribution in [2.45, 2.75) is 26.6 Å². The molecule has 1 fully saturated rings. The highest BCUT2D eigenvalue weighted by Gasteiger charge is 2.30. The molecule has 5 rings (SSSR count). The van der Waals surface area contributed by atoms with Crippen LogP contribution in [-0.4, -0.2) is 69.0 Å². The van der Waals surface area contributed by atoms with E-state index < -0.39 is 0 Å². The Hall–Kier alpha value is -3.45. The molecule has 0 bridgehead atoms. The third kappa shape index (κ3) is 4.68. The van der Waals surface area contributed by atoms with Gasteiger partial charge < -0.3 is 9.80 Å². The fraction of sp³-hybridized carbons (Fsp3) is 0.346. The highest BCUT2D eigenvalue weighted by Crippen LogP contribution is 2.18. The number of fused-ring (bicyclic) bond motifs is 1. The van der Waals surface area contributed by atoms with Gasteiger partial charge in [0, 0.05) is 51.9 Å². The van der Waals surface area contributed by atoms with Crippen molar-refractivity contribution in [3.63, 3.8) is 0 Å². The lowest BCUT2D eigenvalue weighted by molar-refractivity contribution is 0.0619. The SMILES string of the molecule is Cc1ccc(CN2CCN(C(=O)c3cc4n(n3)CCN(Cc3ccccc3)C4=O)CC2)cc1. The van der Waals surface area contributed by atoms with Gasteiger partial charge in [-0.3, -0.25) is 19.2 Å². The number of nitrogens with zero attached hydrogens (tertiary/aromatic N) is 5. The van der Waals surface area contributed by atoms with Crippen molar-refractivity contribution in [2.24, 2.45) is 0 Å². The van der Waals surface area contributed by atoms with Gasteiger partial charge in [0.1, 0.15) is 5.69 Å². The van der Waals surface area contributed by atoms with Crippen LogP contribution in [0, 0.1) is 6.92 Å². The Morgan fingerprint density at radius 3 is 2.27 bits per heavy atom. The second kappa shape index (κ2) is 9.19. The normalized spacial score (nSPS) is 16.7. The van der Waals surface area contributed by atoms with Gasteiger partial charge in [-0.2, -0.15) is 5.10 Å². The van der Waals surface area contributed by atoms with Crippen LogP contribution in [0.3, 0.4) is 0 Å². The molecule has 1 aromatic heterocycles. The number of aromatic nitrogens is 2. The van der Waals surface area contributed by atoms with E-state index in [0.717, 1.165) is 25.2 Å². The summed E-state index contributed by atoms with van der Waals surface area (Å²) in [7, 11) is 0. The number of piperazine rings is 1. The molecule has 2 amide bonds. The van der Waals surface area contributed by atoms with E-state index in [1.807, 2.05) is 40.1 Å². The molecule has 2 aliphatic heterocycles. The fourth-order valence-electron chi connectivity index (χ4n) is 4.52. The first-order valence-corrected chi connectivity index (χ1v) is 11.5. The highest BCUT2D eigenvalue weighted by atomic mass is 16.2. The minimum absolute atomic E-state index is 0.0698. The smallest absolute Gasteiger partial charge is 0.274 e. The summed E-state index contributed by atoms with van der Waals surface area (Å²) < 4.78 is 1.69. The molecule has 0 saturated carbocycles. The third-order valence-electron chi connectivity index (χ3n) is 6.49. The van der Waals surface area contributed by atoms with Crippen molar-refractivity contribution in [3.8, 4) is 0 Å². The Bertz CT molecular complexity index is 1130. The van der Waals surface area contributed by atoms with Crippen molar-refractivity contribution in [1.82, 2.24) is 24.5 Å². The van der Waals surface area contributed by atoms with Crippen LogP contribution in [0.15, 0.2) is 60.7 Å². The molecule has 0 radical (unpaired) electrons. The van der Waals surface area contributed by atoms with E-state index in [-0.39, 0.29) is 11.8 Å². The molecular formula is C26H29N5O2. The lowest BCUT2D eigenvalue weighted by Gasteiger charge is -2.34. The van der Waals surface area contributed by atoms with Gasteiger partial charge >= 0.3 is 0 Å². The molecule has 0 N–H and O–H groups in total. The number of carbonyl (C=O) groups is 2. The maximum absolute atomic E-state index is 13.1. The number of aryl methyl sites for hydroxylation is 1. The first kappa shape index (κ1) is 21.4. The van der Waals surface area contributed by atoms with E-state index in [9.17, 15) is 9.59 Å². The molecule has 3 aromatic rings. The first-order valence-electron chi connectivity index (χ1n) is 11.5. The maximum Gasteiger partial charge on any atom is 0.274 e. The largest absolute Gasteiger partial charge is 0.335 e. The van der Waals surface area contributed by atoms with Crippen LogP contribution in [-0.2, 0) is 19.6 Å². The first-order chi connectivity index (χ1) is 16.1. The van der Waals surface area contributed by atoms with Crippen LogP contribution in [0.4, 0.5) is 0 Å². The summed E-state index contributed by atoms with van der Waals surface area (Å²) in [5.41, 5.74) is 4.52. The summed E-state index contributed by atoms with van der Waals surface area (Å²) in [5, 5.41) is 4.48. The van der Waals surface area contributed by atoms with Crippen LogP contribution in [0.1, 0.15) is 37.7 Å². The molecule has 0 unspecified atom stereocenters. The molecule has 7 nitrogen and oxygen atoms in total. The molecule has 33 heavy (non-hydrogen) atoms.